The van der Waals surface area contributed by atoms with Crippen LogP contribution in [0.4, 0.5) is 0 Å². The molecule has 1 unspecified atom stereocenters. The van der Waals surface area contributed by atoms with Gasteiger partial charge in [0.1, 0.15) is 6.54 Å². The molecule has 5 nitrogen and oxygen atoms in total. The van der Waals surface area contributed by atoms with E-state index in [0.717, 1.165) is 0 Å². The topological polar surface area (TPSA) is 83.6 Å². The normalized spacial score (nSPS) is 13.4. The molecule has 0 radical (unpaired) electrons. The largest absolute Gasteiger partial charge is 0.480 e. The molecule has 0 spiro atoms. The molecule has 3 N–H and O–H groups in total. The lowest BCUT2D eigenvalue weighted by atomic mass is 10.0. The average molecular weight is 216 g/mol. The molecular weight excluding hydrogens is 196 g/mol. The summed E-state index contributed by atoms with van der Waals surface area (Å²) in [5.74, 6) is -1.23. The number of carboxylic acids is 1. The molecule has 0 aromatic carbocycles. The van der Waals surface area contributed by atoms with Gasteiger partial charge in [-0.25, -0.2) is 0 Å². The zero-order valence-electron chi connectivity index (χ0n) is 9.78. The van der Waals surface area contributed by atoms with E-state index >= 15 is 0 Å². The van der Waals surface area contributed by atoms with Crippen molar-refractivity contribution in [1.82, 2.24) is 4.90 Å². The third kappa shape index (κ3) is 5.37. The summed E-state index contributed by atoms with van der Waals surface area (Å²) in [6.45, 7) is 6.84. The van der Waals surface area contributed by atoms with E-state index in [9.17, 15) is 9.59 Å². The summed E-state index contributed by atoms with van der Waals surface area (Å²) >= 11 is 0. The van der Waals surface area contributed by atoms with Crippen molar-refractivity contribution in [2.24, 2.45) is 5.73 Å². The van der Waals surface area contributed by atoms with Gasteiger partial charge in [-0.2, -0.15) is 0 Å². The van der Waals surface area contributed by atoms with Crippen LogP contribution in [0.1, 0.15) is 34.1 Å². The van der Waals surface area contributed by atoms with Gasteiger partial charge in [0.05, 0.1) is 0 Å². The molecule has 0 saturated carbocycles. The maximum absolute atomic E-state index is 11.7. The van der Waals surface area contributed by atoms with Gasteiger partial charge in [0, 0.05) is 18.0 Å². The molecule has 1 amide bonds. The summed E-state index contributed by atoms with van der Waals surface area (Å²) in [5.41, 5.74) is 5.01. The zero-order chi connectivity index (χ0) is 12.2. The Morgan fingerprint density at radius 1 is 1.40 bits per heavy atom. The number of carbonyl (C=O) groups is 2. The maximum atomic E-state index is 11.7. The minimum absolute atomic E-state index is 0.171. The van der Waals surface area contributed by atoms with E-state index in [1.54, 1.807) is 27.7 Å². The lowest BCUT2D eigenvalue weighted by molar-refractivity contribution is -0.148. The predicted molar refractivity (Wildman–Crippen MR) is 57.4 cm³/mol. The van der Waals surface area contributed by atoms with Crippen LogP contribution in [0, 0.1) is 0 Å². The SMILES string of the molecule is CC(N)CC(=O)N(CC(=O)O)C(C)(C)C. The Kier molecular flexibility index (Phi) is 4.74. The minimum Gasteiger partial charge on any atom is -0.480 e. The Labute approximate surface area is 90.2 Å². The first-order chi connectivity index (χ1) is 6.64. The third-order valence-corrected chi connectivity index (χ3v) is 1.90. The van der Waals surface area contributed by atoms with Crippen molar-refractivity contribution in [1.29, 1.82) is 0 Å². The van der Waals surface area contributed by atoms with Crippen LogP contribution in [-0.4, -0.2) is 40.0 Å². The highest BCUT2D eigenvalue weighted by Crippen LogP contribution is 2.14. The molecule has 1 atom stereocenters. The van der Waals surface area contributed by atoms with Gasteiger partial charge >= 0.3 is 5.97 Å². The van der Waals surface area contributed by atoms with Crippen molar-refractivity contribution in [3.05, 3.63) is 0 Å². The molecule has 88 valence electrons. The molecule has 0 fully saturated rings. The standard InChI is InChI=1S/C10H20N2O3/c1-7(11)5-8(13)12(6-9(14)15)10(2,3)4/h7H,5-6,11H2,1-4H3,(H,14,15). The Bertz CT molecular complexity index is 244. The second kappa shape index (κ2) is 5.11. The van der Waals surface area contributed by atoms with E-state index in [4.69, 9.17) is 10.8 Å². The maximum Gasteiger partial charge on any atom is 0.323 e. The zero-order valence-corrected chi connectivity index (χ0v) is 9.78. The third-order valence-electron chi connectivity index (χ3n) is 1.90. The second-order valence-corrected chi connectivity index (χ2v) is 4.73. The summed E-state index contributed by atoms with van der Waals surface area (Å²) in [6.07, 6.45) is 0.171. The smallest absolute Gasteiger partial charge is 0.323 e. The van der Waals surface area contributed by atoms with Gasteiger partial charge in [-0.1, -0.05) is 0 Å². The van der Waals surface area contributed by atoms with E-state index in [-0.39, 0.29) is 24.9 Å². The Hall–Kier alpha value is -1.10. The highest BCUT2D eigenvalue weighted by Gasteiger charge is 2.28. The van der Waals surface area contributed by atoms with Crippen molar-refractivity contribution in [3.8, 4) is 0 Å². The van der Waals surface area contributed by atoms with Gasteiger partial charge in [-0.15, -0.1) is 0 Å². The summed E-state index contributed by atoms with van der Waals surface area (Å²) in [5, 5.41) is 8.71. The van der Waals surface area contributed by atoms with E-state index in [2.05, 4.69) is 0 Å². The molecule has 0 aliphatic rings. The van der Waals surface area contributed by atoms with Crippen LogP contribution in [0.15, 0.2) is 0 Å². The lowest BCUT2D eigenvalue weighted by Gasteiger charge is -2.34. The molecule has 0 rings (SSSR count). The first kappa shape index (κ1) is 13.9. The molecule has 0 bridgehead atoms. The van der Waals surface area contributed by atoms with Gasteiger partial charge in [-0.05, 0) is 27.7 Å². The van der Waals surface area contributed by atoms with Crippen molar-refractivity contribution >= 4 is 11.9 Å². The molecule has 0 aliphatic heterocycles. The molecule has 0 aliphatic carbocycles. The van der Waals surface area contributed by atoms with Gasteiger partial charge < -0.3 is 15.7 Å². The molecule has 15 heavy (non-hydrogen) atoms. The van der Waals surface area contributed by atoms with E-state index < -0.39 is 11.5 Å². The van der Waals surface area contributed by atoms with Crippen LogP contribution in [-0.2, 0) is 9.59 Å². The highest BCUT2D eigenvalue weighted by atomic mass is 16.4. The summed E-state index contributed by atoms with van der Waals surface area (Å²) in [7, 11) is 0. The van der Waals surface area contributed by atoms with E-state index in [0.29, 0.717) is 0 Å². The van der Waals surface area contributed by atoms with Gasteiger partial charge in [0.2, 0.25) is 5.91 Å². The number of hydrogen-bond acceptors (Lipinski definition) is 3. The second-order valence-electron chi connectivity index (χ2n) is 4.73. The minimum atomic E-state index is -1.01. The summed E-state index contributed by atoms with van der Waals surface area (Å²) in [6, 6.07) is -0.254. The first-order valence-corrected chi connectivity index (χ1v) is 4.92. The summed E-state index contributed by atoms with van der Waals surface area (Å²) in [4.78, 5) is 23.7. The van der Waals surface area contributed by atoms with Gasteiger partial charge in [0.25, 0.3) is 0 Å². The van der Waals surface area contributed by atoms with Crippen molar-refractivity contribution in [3.63, 3.8) is 0 Å². The number of hydrogen-bond donors (Lipinski definition) is 2. The van der Waals surface area contributed by atoms with Crippen molar-refractivity contribution in [2.45, 2.75) is 45.7 Å². The van der Waals surface area contributed by atoms with E-state index in [1.807, 2.05) is 0 Å². The fourth-order valence-corrected chi connectivity index (χ4v) is 1.22. The van der Waals surface area contributed by atoms with Crippen molar-refractivity contribution < 1.29 is 14.7 Å². The summed E-state index contributed by atoms with van der Waals surface area (Å²) < 4.78 is 0. The van der Waals surface area contributed by atoms with E-state index in [1.165, 1.54) is 4.90 Å². The molecule has 5 heteroatoms. The quantitative estimate of drug-likeness (QED) is 0.714. The molecule has 0 aromatic rings. The van der Waals surface area contributed by atoms with Crippen molar-refractivity contribution in [2.75, 3.05) is 6.54 Å². The molecule has 0 heterocycles. The van der Waals surface area contributed by atoms with Crippen LogP contribution in [0.25, 0.3) is 0 Å². The Morgan fingerprint density at radius 2 is 1.87 bits per heavy atom. The highest BCUT2D eigenvalue weighted by molar-refractivity contribution is 5.82. The number of nitrogens with two attached hydrogens (primary N) is 1. The number of carbonyl (C=O) groups excluding carboxylic acids is 1. The fraction of sp³-hybridized carbons (Fsp3) is 0.800. The van der Waals surface area contributed by atoms with Crippen LogP contribution >= 0.6 is 0 Å². The van der Waals surface area contributed by atoms with Crippen LogP contribution < -0.4 is 5.73 Å². The van der Waals surface area contributed by atoms with Gasteiger partial charge in [0.15, 0.2) is 0 Å². The number of carboxylic acid groups (broad SMARTS) is 1. The lowest BCUT2D eigenvalue weighted by Crippen LogP contribution is -2.49. The van der Waals surface area contributed by atoms with Crippen LogP contribution in [0.3, 0.4) is 0 Å². The van der Waals surface area contributed by atoms with Crippen LogP contribution in [0.5, 0.6) is 0 Å². The average Bonchev–Trinajstić information content (AvgIpc) is 1.95. The Morgan fingerprint density at radius 3 is 2.13 bits per heavy atom. The monoisotopic (exact) mass is 216 g/mol. The molecule has 0 saturated heterocycles. The number of aliphatic carboxylic acids is 1. The fourth-order valence-electron chi connectivity index (χ4n) is 1.22. The number of amides is 1. The Balaban J connectivity index is 4.64. The first-order valence-electron chi connectivity index (χ1n) is 4.92. The molecular formula is C10H20N2O3. The molecule has 0 aromatic heterocycles. The van der Waals surface area contributed by atoms with Gasteiger partial charge in [-0.3, -0.25) is 9.59 Å². The number of rotatable bonds is 4. The predicted octanol–water partition coefficient (Wildman–Crippen LogP) is 0.435. The van der Waals surface area contributed by atoms with Crippen LogP contribution in [0.2, 0.25) is 0 Å². The number of nitrogens with zero attached hydrogens (tertiary/aromatic N) is 1.